The summed E-state index contributed by atoms with van der Waals surface area (Å²) in [6.45, 7) is 2.14. The largest absolute Gasteiger partial charge is 0.329 e. The van der Waals surface area contributed by atoms with Gasteiger partial charge < -0.3 is 0 Å². The summed E-state index contributed by atoms with van der Waals surface area (Å²) in [4.78, 5) is 52.8. The molecule has 0 bridgehead atoms. The summed E-state index contributed by atoms with van der Waals surface area (Å²) in [5.41, 5.74) is -0.760. The van der Waals surface area contributed by atoms with Crippen LogP contribution in [0.15, 0.2) is 52.1 Å². The highest BCUT2D eigenvalue weighted by atomic mass is 16.2. The molecule has 3 aromatic rings. The van der Waals surface area contributed by atoms with E-state index in [1.54, 1.807) is 12.1 Å². The van der Waals surface area contributed by atoms with Crippen LogP contribution in [0, 0.1) is 0 Å². The SMILES string of the molecule is CCCn1c(N2C(=O)c3cc4ccccc4cc3C2=O)cc(=O)[nH]c1=O. The molecule has 0 fully saturated rings. The van der Waals surface area contributed by atoms with Crippen molar-refractivity contribution in [1.29, 1.82) is 0 Å². The lowest BCUT2D eigenvalue weighted by molar-refractivity contribution is 0.0923. The first-order valence-corrected chi connectivity index (χ1v) is 8.27. The lowest BCUT2D eigenvalue weighted by Gasteiger charge is -2.18. The van der Waals surface area contributed by atoms with Crippen LogP contribution in [0.1, 0.15) is 34.1 Å². The van der Waals surface area contributed by atoms with Gasteiger partial charge in [-0.3, -0.25) is 23.9 Å². The number of fused-ring (bicyclic) bond motifs is 2. The Kier molecular flexibility index (Phi) is 3.57. The molecule has 0 saturated carbocycles. The zero-order valence-electron chi connectivity index (χ0n) is 14.0. The molecular weight excluding hydrogens is 334 g/mol. The third-order valence-electron chi connectivity index (χ3n) is 4.44. The number of H-pyrrole nitrogens is 1. The van der Waals surface area contributed by atoms with Gasteiger partial charge in [-0.2, -0.15) is 0 Å². The third kappa shape index (κ3) is 2.28. The van der Waals surface area contributed by atoms with Crippen molar-refractivity contribution in [3.8, 4) is 0 Å². The molecule has 2 amide bonds. The number of imide groups is 1. The number of hydrogen-bond acceptors (Lipinski definition) is 4. The molecule has 7 heteroatoms. The zero-order valence-corrected chi connectivity index (χ0v) is 14.0. The Labute approximate surface area is 147 Å². The van der Waals surface area contributed by atoms with E-state index in [4.69, 9.17) is 0 Å². The van der Waals surface area contributed by atoms with Crippen molar-refractivity contribution in [1.82, 2.24) is 9.55 Å². The fraction of sp³-hybridized carbons (Fsp3) is 0.158. The Hall–Kier alpha value is -3.48. The topological polar surface area (TPSA) is 92.2 Å². The molecule has 0 atom stereocenters. The summed E-state index contributed by atoms with van der Waals surface area (Å²) in [6, 6.07) is 11.9. The van der Waals surface area contributed by atoms with E-state index < -0.39 is 23.1 Å². The number of nitrogens with zero attached hydrogens (tertiary/aromatic N) is 2. The number of carbonyl (C=O) groups excluding carboxylic acids is 2. The van der Waals surface area contributed by atoms with Crippen molar-refractivity contribution in [3.05, 3.63) is 74.4 Å². The van der Waals surface area contributed by atoms with E-state index in [0.717, 1.165) is 21.7 Å². The normalized spacial score (nSPS) is 13.5. The number of hydrogen-bond donors (Lipinski definition) is 1. The van der Waals surface area contributed by atoms with Gasteiger partial charge in [0.15, 0.2) is 0 Å². The number of carbonyl (C=O) groups is 2. The molecule has 1 aromatic heterocycles. The maximum Gasteiger partial charge on any atom is 0.329 e. The molecule has 0 radical (unpaired) electrons. The van der Waals surface area contributed by atoms with Gasteiger partial charge in [0.1, 0.15) is 5.82 Å². The molecule has 0 saturated heterocycles. The predicted octanol–water partition coefficient (Wildman–Crippen LogP) is 1.90. The average molecular weight is 349 g/mol. The molecule has 2 aromatic carbocycles. The molecule has 26 heavy (non-hydrogen) atoms. The van der Waals surface area contributed by atoms with E-state index in [9.17, 15) is 19.2 Å². The van der Waals surface area contributed by atoms with Gasteiger partial charge in [0.25, 0.3) is 17.4 Å². The summed E-state index contributed by atoms with van der Waals surface area (Å²) in [5.74, 6) is -1.08. The summed E-state index contributed by atoms with van der Waals surface area (Å²) < 4.78 is 1.24. The maximum atomic E-state index is 12.9. The first kappa shape index (κ1) is 16.0. The van der Waals surface area contributed by atoms with E-state index in [2.05, 4.69) is 4.98 Å². The van der Waals surface area contributed by atoms with Gasteiger partial charge in [-0.1, -0.05) is 31.2 Å². The van der Waals surface area contributed by atoms with Crippen LogP contribution in [-0.4, -0.2) is 21.4 Å². The Balaban J connectivity index is 1.93. The molecule has 7 nitrogen and oxygen atoms in total. The van der Waals surface area contributed by atoms with Crippen molar-refractivity contribution in [2.75, 3.05) is 4.90 Å². The Morgan fingerprint density at radius 2 is 1.46 bits per heavy atom. The summed E-state index contributed by atoms with van der Waals surface area (Å²) in [5, 5.41) is 1.68. The first-order chi connectivity index (χ1) is 12.5. The second kappa shape index (κ2) is 5.80. The lowest BCUT2D eigenvalue weighted by atomic mass is 10.0. The minimum atomic E-state index is -0.654. The average Bonchev–Trinajstić information content (AvgIpc) is 2.86. The van der Waals surface area contributed by atoms with Gasteiger partial charge in [0, 0.05) is 12.6 Å². The van der Waals surface area contributed by atoms with Crippen LogP contribution in [0.4, 0.5) is 5.82 Å². The van der Waals surface area contributed by atoms with Crippen LogP contribution in [0.2, 0.25) is 0 Å². The molecule has 2 heterocycles. The van der Waals surface area contributed by atoms with Gasteiger partial charge in [-0.25, -0.2) is 9.69 Å². The van der Waals surface area contributed by atoms with Gasteiger partial charge >= 0.3 is 5.69 Å². The monoisotopic (exact) mass is 349 g/mol. The number of amides is 2. The standard InChI is InChI=1S/C19H15N3O4/c1-2-7-21-16(10-15(23)20-19(21)26)22-17(24)13-8-11-5-3-4-6-12(11)9-14(13)18(22)25/h3-6,8-10H,2,7H2,1H3,(H,20,23,26). The minimum Gasteiger partial charge on any atom is -0.279 e. The number of anilines is 1. The summed E-state index contributed by atoms with van der Waals surface area (Å²) in [6.07, 6.45) is 0.603. The fourth-order valence-electron chi connectivity index (χ4n) is 3.27. The number of aromatic amines is 1. The maximum absolute atomic E-state index is 12.9. The highest BCUT2D eigenvalue weighted by molar-refractivity contribution is 6.35. The predicted molar refractivity (Wildman–Crippen MR) is 96.7 cm³/mol. The Morgan fingerprint density at radius 1 is 0.885 bits per heavy atom. The smallest absolute Gasteiger partial charge is 0.279 e. The highest BCUT2D eigenvalue weighted by Gasteiger charge is 2.38. The van der Waals surface area contributed by atoms with Crippen LogP contribution < -0.4 is 16.1 Å². The number of benzene rings is 2. The first-order valence-electron chi connectivity index (χ1n) is 8.27. The lowest BCUT2D eigenvalue weighted by Crippen LogP contribution is -2.39. The van der Waals surface area contributed by atoms with Crippen LogP contribution >= 0.6 is 0 Å². The fourth-order valence-corrected chi connectivity index (χ4v) is 3.27. The molecule has 4 rings (SSSR count). The van der Waals surface area contributed by atoms with Crippen molar-refractivity contribution < 1.29 is 9.59 Å². The van der Waals surface area contributed by atoms with Crippen molar-refractivity contribution >= 4 is 28.4 Å². The molecular formula is C19H15N3O4. The van der Waals surface area contributed by atoms with E-state index >= 15 is 0 Å². The van der Waals surface area contributed by atoms with Gasteiger partial charge in [-0.05, 0) is 29.3 Å². The van der Waals surface area contributed by atoms with Crippen LogP contribution in [0.3, 0.4) is 0 Å². The molecule has 0 aliphatic carbocycles. The van der Waals surface area contributed by atoms with E-state index in [0.29, 0.717) is 6.42 Å². The Bertz CT molecular complexity index is 1130. The van der Waals surface area contributed by atoms with Gasteiger partial charge in [0.05, 0.1) is 11.1 Å². The Morgan fingerprint density at radius 3 is 2.00 bits per heavy atom. The van der Waals surface area contributed by atoms with E-state index in [-0.39, 0.29) is 23.5 Å². The van der Waals surface area contributed by atoms with Crippen molar-refractivity contribution in [2.45, 2.75) is 19.9 Å². The quantitative estimate of drug-likeness (QED) is 0.731. The van der Waals surface area contributed by atoms with Crippen LogP contribution in [0.5, 0.6) is 0 Å². The number of rotatable bonds is 3. The summed E-state index contributed by atoms with van der Waals surface area (Å²) >= 11 is 0. The third-order valence-corrected chi connectivity index (χ3v) is 4.44. The van der Waals surface area contributed by atoms with E-state index in [1.165, 1.54) is 4.57 Å². The minimum absolute atomic E-state index is 0.00384. The number of aromatic nitrogens is 2. The molecule has 1 N–H and O–H groups in total. The second-order valence-corrected chi connectivity index (χ2v) is 6.14. The highest BCUT2D eigenvalue weighted by Crippen LogP contribution is 2.30. The summed E-state index contributed by atoms with van der Waals surface area (Å²) in [7, 11) is 0. The van der Waals surface area contributed by atoms with Gasteiger partial charge in [-0.15, -0.1) is 0 Å². The molecule has 1 aliphatic rings. The van der Waals surface area contributed by atoms with Gasteiger partial charge in [0.2, 0.25) is 0 Å². The number of nitrogens with one attached hydrogen (secondary N) is 1. The molecule has 0 spiro atoms. The van der Waals surface area contributed by atoms with Crippen LogP contribution in [-0.2, 0) is 6.54 Å². The molecule has 1 aliphatic heterocycles. The zero-order chi connectivity index (χ0) is 18.4. The van der Waals surface area contributed by atoms with E-state index in [1.807, 2.05) is 31.2 Å². The molecule has 130 valence electrons. The second-order valence-electron chi connectivity index (χ2n) is 6.14. The molecule has 0 unspecified atom stereocenters. The van der Waals surface area contributed by atoms with Crippen LogP contribution in [0.25, 0.3) is 10.8 Å². The van der Waals surface area contributed by atoms with Crippen molar-refractivity contribution in [3.63, 3.8) is 0 Å². The van der Waals surface area contributed by atoms with Crippen molar-refractivity contribution in [2.24, 2.45) is 0 Å².